The summed E-state index contributed by atoms with van der Waals surface area (Å²) in [6.07, 6.45) is 3.99. The summed E-state index contributed by atoms with van der Waals surface area (Å²) in [5.74, 6) is 0.791. The van der Waals surface area contributed by atoms with Crippen LogP contribution in [0.2, 0.25) is 0 Å². The molecular weight excluding hydrogens is 364 g/mol. The van der Waals surface area contributed by atoms with Crippen LogP contribution in [-0.4, -0.2) is 42.0 Å². The van der Waals surface area contributed by atoms with E-state index in [1.807, 2.05) is 13.8 Å². The van der Waals surface area contributed by atoms with Gasteiger partial charge < -0.3 is 5.32 Å². The molecule has 0 spiro atoms. The lowest BCUT2D eigenvalue weighted by Gasteiger charge is -2.19. The maximum absolute atomic E-state index is 12.7. The molecule has 146 valence electrons. The third kappa shape index (κ3) is 4.22. The maximum Gasteiger partial charge on any atom is 0.243 e. The minimum absolute atomic E-state index is 0.188. The molecule has 0 radical (unpaired) electrons. The van der Waals surface area contributed by atoms with Crippen LogP contribution in [0.1, 0.15) is 36.9 Å². The van der Waals surface area contributed by atoms with Gasteiger partial charge in [0.25, 0.3) is 0 Å². The number of carbonyl (C=O) groups is 1. The molecule has 0 bridgehead atoms. The van der Waals surface area contributed by atoms with Crippen LogP contribution in [0.4, 0.5) is 5.82 Å². The van der Waals surface area contributed by atoms with Gasteiger partial charge in [0, 0.05) is 13.1 Å². The van der Waals surface area contributed by atoms with Crippen molar-refractivity contribution < 1.29 is 13.2 Å². The van der Waals surface area contributed by atoms with Crippen molar-refractivity contribution in [1.82, 2.24) is 14.1 Å². The van der Waals surface area contributed by atoms with Crippen LogP contribution in [0, 0.1) is 19.8 Å². The monoisotopic (exact) mass is 390 g/mol. The number of aryl methyl sites for hydroxylation is 2. The van der Waals surface area contributed by atoms with Crippen molar-refractivity contribution >= 4 is 21.7 Å². The number of carbonyl (C=O) groups excluding carboxylic acids is 1. The summed E-state index contributed by atoms with van der Waals surface area (Å²) in [6.45, 7) is 5.60. The van der Waals surface area contributed by atoms with Crippen LogP contribution in [0.5, 0.6) is 0 Å². The standard InChI is InChI=1S/C19H26N4O3S/c1-13-5-8-17(11-14(13)2)27(25,26)22(4)12-19(24)21-18-9-10-20-23(18)15(3)16-6-7-16/h5,8-11,15-16H,6-7,12H2,1-4H3,(H,21,24). The second-order valence-corrected chi connectivity index (χ2v) is 9.34. The molecule has 0 aliphatic heterocycles. The largest absolute Gasteiger partial charge is 0.310 e. The van der Waals surface area contributed by atoms with E-state index in [0.717, 1.165) is 15.4 Å². The minimum Gasteiger partial charge on any atom is -0.310 e. The fourth-order valence-electron chi connectivity index (χ4n) is 3.04. The number of sulfonamides is 1. The molecule has 7 nitrogen and oxygen atoms in total. The van der Waals surface area contributed by atoms with E-state index in [9.17, 15) is 13.2 Å². The van der Waals surface area contributed by atoms with Crippen LogP contribution in [0.3, 0.4) is 0 Å². The Morgan fingerprint density at radius 1 is 1.30 bits per heavy atom. The summed E-state index contributed by atoms with van der Waals surface area (Å²) >= 11 is 0. The van der Waals surface area contributed by atoms with Gasteiger partial charge in [0.15, 0.2) is 0 Å². The number of amides is 1. The first kappa shape index (κ1) is 19.6. The van der Waals surface area contributed by atoms with Gasteiger partial charge in [0.05, 0.1) is 23.7 Å². The van der Waals surface area contributed by atoms with E-state index in [4.69, 9.17) is 0 Å². The fourth-order valence-corrected chi connectivity index (χ4v) is 4.25. The van der Waals surface area contributed by atoms with E-state index in [1.165, 1.54) is 19.9 Å². The van der Waals surface area contributed by atoms with Crippen molar-refractivity contribution in [3.05, 3.63) is 41.6 Å². The van der Waals surface area contributed by atoms with Crippen molar-refractivity contribution in [3.63, 3.8) is 0 Å². The average Bonchev–Trinajstić information content (AvgIpc) is 3.36. The summed E-state index contributed by atoms with van der Waals surface area (Å²) in [5, 5.41) is 7.08. The van der Waals surface area contributed by atoms with Gasteiger partial charge in [-0.05, 0) is 62.8 Å². The predicted octanol–water partition coefficient (Wildman–Crippen LogP) is 2.73. The number of hydrogen-bond donors (Lipinski definition) is 1. The topological polar surface area (TPSA) is 84.3 Å². The fraction of sp³-hybridized carbons (Fsp3) is 0.474. The lowest BCUT2D eigenvalue weighted by molar-refractivity contribution is -0.116. The summed E-state index contributed by atoms with van der Waals surface area (Å²) in [5.41, 5.74) is 1.92. The molecule has 27 heavy (non-hydrogen) atoms. The summed E-state index contributed by atoms with van der Waals surface area (Å²) in [6, 6.07) is 6.92. The van der Waals surface area contributed by atoms with Crippen molar-refractivity contribution in [3.8, 4) is 0 Å². The van der Waals surface area contributed by atoms with Crippen LogP contribution in [0.25, 0.3) is 0 Å². The number of likely N-dealkylation sites (N-methyl/N-ethyl adjacent to an activating group) is 1. The molecule has 8 heteroatoms. The molecule has 1 aromatic carbocycles. The smallest absolute Gasteiger partial charge is 0.243 e. The van der Waals surface area contributed by atoms with E-state index in [-0.39, 0.29) is 17.5 Å². The molecule has 1 aliphatic rings. The zero-order chi connectivity index (χ0) is 19.8. The number of hydrogen-bond acceptors (Lipinski definition) is 4. The van der Waals surface area contributed by atoms with Crippen molar-refractivity contribution in [2.75, 3.05) is 18.9 Å². The van der Waals surface area contributed by atoms with E-state index >= 15 is 0 Å². The number of rotatable bonds is 7. The average molecular weight is 391 g/mol. The van der Waals surface area contributed by atoms with Crippen LogP contribution >= 0.6 is 0 Å². The number of aromatic nitrogens is 2. The SMILES string of the molecule is Cc1ccc(S(=O)(=O)N(C)CC(=O)Nc2ccnn2C(C)C2CC2)cc1C. The number of nitrogens with zero attached hydrogens (tertiary/aromatic N) is 3. The van der Waals surface area contributed by atoms with E-state index in [2.05, 4.69) is 17.3 Å². The second kappa shape index (κ2) is 7.44. The quantitative estimate of drug-likeness (QED) is 0.788. The van der Waals surface area contributed by atoms with Crippen molar-refractivity contribution in [2.45, 2.75) is 44.6 Å². The normalized spacial score (nSPS) is 15.7. The lowest BCUT2D eigenvalue weighted by atomic mass is 10.1. The molecule has 1 aliphatic carbocycles. The van der Waals surface area contributed by atoms with E-state index < -0.39 is 15.9 Å². The molecule has 1 N–H and O–H groups in total. The molecule has 1 unspecified atom stereocenters. The Balaban J connectivity index is 1.68. The van der Waals surface area contributed by atoms with E-state index in [0.29, 0.717) is 11.7 Å². The predicted molar refractivity (Wildman–Crippen MR) is 104 cm³/mol. The first-order valence-electron chi connectivity index (χ1n) is 9.07. The summed E-state index contributed by atoms with van der Waals surface area (Å²) in [4.78, 5) is 12.6. The highest BCUT2D eigenvalue weighted by Crippen LogP contribution is 2.40. The Bertz CT molecular complexity index is 948. The maximum atomic E-state index is 12.7. The molecule has 1 saturated carbocycles. The minimum atomic E-state index is -3.73. The highest BCUT2D eigenvalue weighted by Gasteiger charge is 2.31. The number of nitrogens with one attached hydrogen (secondary N) is 1. The first-order chi connectivity index (χ1) is 12.7. The van der Waals surface area contributed by atoms with E-state index in [1.54, 1.807) is 35.1 Å². The second-order valence-electron chi connectivity index (χ2n) is 7.29. The number of anilines is 1. The molecule has 1 aromatic heterocycles. The molecule has 1 heterocycles. The Labute approximate surface area is 160 Å². The zero-order valence-electron chi connectivity index (χ0n) is 16.1. The highest BCUT2D eigenvalue weighted by atomic mass is 32.2. The lowest BCUT2D eigenvalue weighted by Crippen LogP contribution is -2.35. The Morgan fingerprint density at radius 3 is 2.63 bits per heavy atom. The van der Waals surface area contributed by atoms with Crippen molar-refractivity contribution in [2.24, 2.45) is 5.92 Å². The molecule has 1 amide bonds. The van der Waals surface area contributed by atoms with Crippen LogP contribution in [0.15, 0.2) is 35.4 Å². The molecule has 0 saturated heterocycles. The van der Waals surface area contributed by atoms with Crippen LogP contribution in [-0.2, 0) is 14.8 Å². The van der Waals surface area contributed by atoms with Gasteiger partial charge in [-0.1, -0.05) is 6.07 Å². The van der Waals surface area contributed by atoms with Crippen LogP contribution < -0.4 is 5.32 Å². The van der Waals surface area contributed by atoms with Crippen molar-refractivity contribution in [1.29, 1.82) is 0 Å². The third-order valence-electron chi connectivity index (χ3n) is 5.18. The zero-order valence-corrected chi connectivity index (χ0v) is 17.0. The molecule has 1 fully saturated rings. The molecule has 1 atom stereocenters. The Morgan fingerprint density at radius 2 is 2.00 bits per heavy atom. The Kier molecular flexibility index (Phi) is 5.39. The summed E-state index contributed by atoms with van der Waals surface area (Å²) < 4.78 is 28.3. The summed E-state index contributed by atoms with van der Waals surface area (Å²) in [7, 11) is -2.32. The highest BCUT2D eigenvalue weighted by molar-refractivity contribution is 7.89. The Hall–Kier alpha value is -2.19. The van der Waals surface area contributed by atoms with Gasteiger partial charge in [0.2, 0.25) is 15.9 Å². The van der Waals surface area contributed by atoms with Gasteiger partial charge >= 0.3 is 0 Å². The van der Waals surface area contributed by atoms with Gasteiger partial charge in [-0.3, -0.25) is 4.79 Å². The van der Waals surface area contributed by atoms with Gasteiger partial charge in [0.1, 0.15) is 5.82 Å². The molecule has 3 rings (SSSR count). The third-order valence-corrected chi connectivity index (χ3v) is 6.98. The number of benzene rings is 1. The molecule has 2 aromatic rings. The van der Waals surface area contributed by atoms with Gasteiger partial charge in [-0.25, -0.2) is 13.1 Å². The first-order valence-corrected chi connectivity index (χ1v) is 10.5. The van der Waals surface area contributed by atoms with Gasteiger partial charge in [-0.15, -0.1) is 0 Å². The molecular formula is C19H26N4O3S. The van der Waals surface area contributed by atoms with Gasteiger partial charge in [-0.2, -0.15) is 9.40 Å².